The van der Waals surface area contributed by atoms with Crippen LogP contribution in [0.15, 0.2) is 71.5 Å². The number of piperidine rings is 1. The van der Waals surface area contributed by atoms with Gasteiger partial charge in [0.1, 0.15) is 5.75 Å². The Morgan fingerprint density at radius 1 is 0.917 bits per heavy atom. The summed E-state index contributed by atoms with van der Waals surface area (Å²) in [5.41, 5.74) is 3.30. The van der Waals surface area contributed by atoms with Gasteiger partial charge in [0.15, 0.2) is 0 Å². The number of hydrogen-bond acceptors (Lipinski definition) is 4. The quantitative estimate of drug-likeness (QED) is 0.573. The van der Waals surface area contributed by atoms with Gasteiger partial charge in [-0.3, -0.25) is 14.4 Å². The van der Waals surface area contributed by atoms with Crippen molar-refractivity contribution in [2.45, 2.75) is 30.8 Å². The zero-order valence-corrected chi connectivity index (χ0v) is 20.5. The first-order valence-corrected chi connectivity index (χ1v) is 12.4. The number of hydrogen-bond donors (Lipinski definition) is 0. The molecule has 7 nitrogen and oxygen atoms in total. The lowest BCUT2D eigenvalue weighted by atomic mass is 9.77. The topological polar surface area (TPSA) is 71.8 Å². The Balaban J connectivity index is 1.40. The first-order valence-electron chi connectivity index (χ1n) is 12.4. The molecule has 184 valence electrons. The molecular formula is C29H29N3O4. The summed E-state index contributed by atoms with van der Waals surface area (Å²) in [4.78, 5) is 43.8. The molecule has 2 bridgehead atoms. The lowest BCUT2D eigenvalue weighted by molar-refractivity contribution is -0.137. The second kappa shape index (κ2) is 8.66. The molecule has 4 atom stereocenters. The number of likely N-dealkylation sites (N-methyl/N-ethyl adjacent to an activating group) is 1. The van der Waals surface area contributed by atoms with Crippen LogP contribution >= 0.6 is 0 Å². The van der Waals surface area contributed by atoms with Crippen LogP contribution in [-0.2, 0) is 11.3 Å². The van der Waals surface area contributed by atoms with Gasteiger partial charge in [-0.05, 0) is 47.7 Å². The molecule has 4 heterocycles. The normalized spacial score (nSPS) is 24.7. The summed E-state index contributed by atoms with van der Waals surface area (Å²) >= 11 is 0. The SMILES string of the molecule is COc1ccc([C@@H]2[C@H](C(=O)N3C[C@H]4C[C@@H](C3)c3cccc(=O)n3C4)c3ccccc3C(=O)N2C)cc1. The van der Waals surface area contributed by atoms with Gasteiger partial charge >= 0.3 is 0 Å². The molecule has 0 spiro atoms. The minimum Gasteiger partial charge on any atom is -0.497 e. The fourth-order valence-corrected chi connectivity index (χ4v) is 6.43. The van der Waals surface area contributed by atoms with E-state index in [1.165, 1.54) is 0 Å². The second-order valence-electron chi connectivity index (χ2n) is 10.1. The number of fused-ring (bicyclic) bond motifs is 5. The number of aromatic nitrogens is 1. The van der Waals surface area contributed by atoms with E-state index >= 15 is 0 Å². The molecule has 1 aromatic heterocycles. The van der Waals surface area contributed by atoms with Crippen LogP contribution < -0.4 is 10.3 Å². The van der Waals surface area contributed by atoms with E-state index in [0.29, 0.717) is 25.2 Å². The summed E-state index contributed by atoms with van der Waals surface area (Å²) in [6.45, 7) is 1.82. The Morgan fingerprint density at radius 2 is 1.69 bits per heavy atom. The molecule has 36 heavy (non-hydrogen) atoms. The fourth-order valence-electron chi connectivity index (χ4n) is 6.43. The molecule has 7 heteroatoms. The molecule has 0 aliphatic carbocycles. The summed E-state index contributed by atoms with van der Waals surface area (Å²) in [5.74, 6) is 0.521. The molecule has 1 fully saturated rings. The van der Waals surface area contributed by atoms with Crippen LogP contribution in [0.4, 0.5) is 0 Å². The van der Waals surface area contributed by atoms with E-state index < -0.39 is 12.0 Å². The van der Waals surface area contributed by atoms with Gasteiger partial charge in [-0.2, -0.15) is 0 Å². The van der Waals surface area contributed by atoms with E-state index in [2.05, 4.69) is 0 Å². The standard InChI is InChI=1S/C29H29N3O4/c1-30-27(19-10-12-21(36-2)13-11-19)26(22-6-3-4-7-23(22)28(30)34)29(35)31-15-18-14-20(17-31)24-8-5-9-25(33)32(24)16-18/h3-13,18,20,26-27H,14-17H2,1-2H3/t18-,20+,26-,27-/m1/s1. The van der Waals surface area contributed by atoms with E-state index in [1.807, 2.05) is 70.1 Å². The average molecular weight is 484 g/mol. The Hall–Kier alpha value is -3.87. The predicted octanol–water partition coefficient (Wildman–Crippen LogP) is 3.41. The maximum absolute atomic E-state index is 14.4. The summed E-state index contributed by atoms with van der Waals surface area (Å²) in [5, 5.41) is 0. The van der Waals surface area contributed by atoms with Gasteiger partial charge in [0.05, 0.1) is 19.1 Å². The largest absolute Gasteiger partial charge is 0.497 e. The van der Waals surface area contributed by atoms with Crippen LogP contribution in [-0.4, -0.2) is 53.4 Å². The Labute approximate surface area is 209 Å². The second-order valence-corrected chi connectivity index (χ2v) is 10.1. The highest BCUT2D eigenvalue weighted by molar-refractivity contribution is 6.01. The maximum atomic E-state index is 14.4. The monoisotopic (exact) mass is 483 g/mol. The van der Waals surface area contributed by atoms with Crippen molar-refractivity contribution in [3.05, 3.63) is 99.5 Å². The highest BCUT2D eigenvalue weighted by atomic mass is 16.5. The Morgan fingerprint density at radius 3 is 2.47 bits per heavy atom. The Kier molecular flexibility index (Phi) is 5.43. The molecule has 6 rings (SSSR count). The number of pyridine rings is 1. The van der Waals surface area contributed by atoms with Crippen molar-refractivity contribution in [2.24, 2.45) is 5.92 Å². The summed E-state index contributed by atoms with van der Waals surface area (Å²) in [7, 11) is 3.40. The molecule has 0 N–H and O–H groups in total. The molecule has 0 radical (unpaired) electrons. The van der Waals surface area contributed by atoms with Crippen LogP contribution in [0.3, 0.4) is 0 Å². The third-order valence-electron chi connectivity index (χ3n) is 8.09. The third-order valence-corrected chi connectivity index (χ3v) is 8.09. The fraction of sp³-hybridized carbons (Fsp3) is 0.345. The van der Waals surface area contributed by atoms with Gasteiger partial charge in [0.25, 0.3) is 11.5 Å². The summed E-state index contributed by atoms with van der Waals surface area (Å²) in [6.07, 6.45) is 0.981. The summed E-state index contributed by atoms with van der Waals surface area (Å²) < 4.78 is 7.21. The first-order chi connectivity index (χ1) is 17.5. The van der Waals surface area contributed by atoms with Crippen molar-refractivity contribution < 1.29 is 14.3 Å². The number of ether oxygens (including phenoxy) is 1. The molecule has 2 amide bonds. The molecule has 3 aliphatic rings. The number of carbonyl (C=O) groups excluding carboxylic acids is 2. The van der Waals surface area contributed by atoms with Crippen molar-refractivity contribution in [2.75, 3.05) is 27.2 Å². The van der Waals surface area contributed by atoms with Gasteiger partial charge < -0.3 is 19.1 Å². The van der Waals surface area contributed by atoms with Crippen LogP contribution in [0.1, 0.15) is 51.5 Å². The lowest BCUT2D eigenvalue weighted by Gasteiger charge is -2.46. The minimum atomic E-state index is -0.519. The van der Waals surface area contributed by atoms with Crippen molar-refractivity contribution >= 4 is 11.8 Å². The van der Waals surface area contributed by atoms with E-state index in [9.17, 15) is 14.4 Å². The van der Waals surface area contributed by atoms with Crippen LogP contribution in [0.25, 0.3) is 0 Å². The zero-order chi connectivity index (χ0) is 25.0. The number of benzene rings is 2. The van der Waals surface area contributed by atoms with Gasteiger partial charge in [-0.25, -0.2) is 0 Å². The average Bonchev–Trinajstić information content (AvgIpc) is 2.91. The highest BCUT2D eigenvalue weighted by Crippen LogP contribution is 2.45. The first kappa shape index (κ1) is 22.6. The lowest BCUT2D eigenvalue weighted by Crippen LogP contribution is -2.53. The number of rotatable bonds is 3. The molecule has 3 aromatic rings. The highest BCUT2D eigenvalue weighted by Gasteiger charge is 2.46. The van der Waals surface area contributed by atoms with Crippen molar-refractivity contribution in [1.29, 1.82) is 0 Å². The van der Waals surface area contributed by atoms with E-state index in [4.69, 9.17) is 4.74 Å². The van der Waals surface area contributed by atoms with Crippen molar-refractivity contribution in [3.8, 4) is 5.75 Å². The molecule has 0 saturated carbocycles. The summed E-state index contributed by atoms with van der Waals surface area (Å²) in [6, 6.07) is 20.1. The van der Waals surface area contributed by atoms with Gasteiger partial charge in [-0.1, -0.05) is 36.4 Å². The van der Waals surface area contributed by atoms with Crippen LogP contribution in [0, 0.1) is 5.92 Å². The van der Waals surface area contributed by atoms with E-state index in [0.717, 1.165) is 29.0 Å². The number of methoxy groups -OCH3 is 1. The number of nitrogens with zero attached hydrogens (tertiary/aromatic N) is 3. The zero-order valence-electron chi connectivity index (χ0n) is 20.5. The minimum absolute atomic E-state index is 0.0305. The molecule has 2 aromatic carbocycles. The van der Waals surface area contributed by atoms with Gasteiger partial charge in [-0.15, -0.1) is 0 Å². The van der Waals surface area contributed by atoms with Crippen molar-refractivity contribution in [3.63, 3.8) is 0 Å². The number of likely N-dealkylation sites (tertiary alicyclic amines) is 1. The third kappa shape index (κ3) is 3.53. The van der Waals surface area contributed by atoms with Gasteiger partial charge in [0.2, 0.25) is 5.91 Å². The smallest absolute Gasteiger partial charge is 0.254 e. The molecular weight excluding hydrogens is 454 g/mol. The maximum Gasteiger partial charge on any atom is 0.254 e. The van der Waals surface area contributed by atoms with E-state index in [1.54, 1.807) is 25.1 Å². The number of carbonyl (C=O) groups is 2. The van der Waals surface area contributed by atoms with Crippen LogP contribution in [0.5, 0.6) is 5.75 Å². The van der Waals surface area contributed by atoms with E-state index in [-0.39, 0.29) is 29.2 Å². The number of amides is 2. The molecule has 1 saturated heterocycles. The molecule has 3 aliphatic heterocycles. The predicted molar refractivity (Wildman–Crippen MR) is 135 cm³/mol. The Bertz CT molecular complexity index is 1400. The van der Waals surface area contributed by atoms with Gasteiger partial charge in [0, 0.05) is 49.9 Å². The van der Waals surface area contributed by atoms with Crippen molar-refractivity contribution in [1.82, 2.24) is 14.4 Å². The van der Waals surface area contributed by atoms with Crippen LogP contribution in [0.2, 0.25) is 0 Å². The molecule has 0 unspecified atom stereocenters.